The molecule has 1 amide bonds. The van der Waals surface area contributed by atoms with Crippen LogP contribution in [0.15, 0.2) is 57.4 Å². The number of thioether (sulfide) groups is 1. The molecule has 0 N–H and O–H groups in total. The zero-order valence-electron chi connectivity index (χ0n) is 18.6. The summed E-state index contributed by atoms with van der Waals surface area (Å²) in [6.07, 6.45) is 6.90. The third-order valence-corrected chi connectivity index (χ3v) is 10.3. The van der Waals surface area contributed by atoms with Crippen LogP contribution < -0.4 is 0 Å². The number of carbonyl (C=O) groups excluding carboxylic acids is 1. The Kier molecular flexibility index (Phi) is 6.60. The molecule has 0 saturated carbocycles. The highest BCUT2D eigenvalue weighted by atomic mass is 32.2. The van der Waals surface area contributed by atoms with Gasteiger partial charge in [0.2, 0.25) is 10.0 Å². The van der Waals surface area contributed by atoms with Gasteiger partial charge in [0.25, 0.3) is 5.91 Å². The van der Waals surface area contributed by atoms with Gasteiger partial charge in [-0.05, 0) is 67.3 Å². The lowest BCUT2D eigenvalue weighted by Gasteiger charge is -2.39. The van der Waals surface area contributed by atoms with Gasteiger partial charge in [-0.25, -0.2) is 21.8 Å². The molecule has 11 heteroatoms. The number of rotatable bonds is 5. The van der Waals surface area contributed by atoms with Gasteiger partial charge in [-0.1, -0.05) is 0 Å². The van der Waals surface area contributed by atoms with Crippen LogP contribution in [0.3, 0.4) is 0 Å². The number of carbonyl (C=O) groups is 1. The molecule has 2 aromatic rings. The monoisotopic (exact) mass is 509 g/mol. The molecule has 0 atom stereocenters. The Hall–Kier alpha value is -1.95. The lowest BCUT2D eigenvalue weighted by Crippen LogP contribution is -2.44. The summed E-state index contributed by atoms with van der Waals surface area (Å²) in [4.78, 5) is 19.3. The van der Waals surface area contributed by atoms with Crippen LogP contribution in [0.5, 0.6) is 0 Å². The molecule has 2 saturated heterocycles. The summed E-state index contributed by atoms with van der Waals surface area (Å²) in [5, 5.41) is 0.711. The lowest BCUT2D eigenvalue weighted by atomic mass is 9.78. The van der Waals surface area contributed by atoms with E-state index in [1.165, 1.54) is 40.3 Å². The highest BCUT2D eigenvalue weighted by molar-refractivity contribution is 7.98. The Morgan fingerprint density at radius 3 is 2.18 bits per heavy atom. The third-order valence-electron chi connectivity index (χ3n) is 6.60. The van der Waals surface area contributed by atoms with Gasteiger partial charge in [0, 0.05) is 38.6 Å². The number of hydrogen-bond donors (Lipinski definition) is 0. The second kappa shape index (κ2) is 9.01. The van der Waals surface area contributed by atoms with E-state index >= 15 is 0 Å². The van der Waals surface area contributed by atoms with Gasteiger partial charge in [-0.2, -0.15) is 4.31 Å². The van der Waals surface area contributed by atoms with Crippen molar-refractivity contribution in [3.63, 3.8) is 0 Å². The van der Waals surface area contributed by atoms with Crippen molar-refractivity contribution >= 4 is 37.5 Å². The molecule has 178 valence electrons. The molecule has 33 heavy (non-hydrogen) atoms. The first-order valence-electron chi connectivity index (χ1n) is 10.6. The number of sulfone groups is 1. The van der Waals surface area contributed by atoms with E-state index in [1.807, 2.05) is 11.2 Å². The van der Waals surface area contributed by atoms with Gasteiger partial charge in [0.05, 0.1) is 15.4 Å². The first kappa shape index (κ1) is 24.2. The van der Waals surface area contributed by atoms with Gasteiger partial charge in [0.1, 0.15) is 5.03 Å². The Balaban J connectivity index is 1.43. The number of nitrogens with zero attached hydrogens (tertiary/aromatic N) is 3. The van der Waals surface area contributed by atoms with E-state index in [9.17, 15) is 21.6 Å². The highest BCUT2D eigenvalue weighted by Crippen LogP contribution is 2.42. The molecule has 1 aromatic carbocycles. The number of benzene rings is 1. The van der Waals surface area contributed by atoms with Crippen molar-refractivity contribution in [1.29, 1.82) is 0 Å². The van der Waals surface area contributed by atoms with Gasteiger partial charge in [-0.3, -0.25) is 4.79 Å². The number of aromatic nitrogens is 1. The number of likely N-dealkylation sites (tertiary alicyclic amines) is 1. The van der Waals surface area contributed by atoms with E-state index in [0.29, 0.717) is 36.8 Å². The molecule has 8 nitrogen and oxygen atoms in total. The van der Waals surface area contributed by atoms with E-state index in [1.54, 1.807) is 18.3 Å². The number of sulfonamides is 1. The normalized spacial score (nSPS) is 19.2. The molecule has 3 heterocycles. The fourth-order valence-corrected chi connectivity index (χ4v) is 7.31. The summed E-state index contributed by atoms with van der Waals surface area (Å²) < 4.78 is 51.1. The van der Waals surface area contributed by atoms with Crippen LogP contribution in [0.1, 0.15) is 29.6 Å². The Morgan fingerprint density at radius 1 is 0.970 bits per heavy atom. The quantitative estimate of drug-likeness (QED) is 0.571. The standard InChI is InChI=1S/C22H27N3O5S3/c1-31-20-19(4-3-12-23-20)21(26)24-13-9-22(10-14-24)11-15-25(16-22)33(29,30)18-7-5-17(6-8-18)32(2,27)28/h3-8,12H,9-11,13-16H2,1-2H3. The molecule has 0 bridgehead atoms. The van der Waals surface area contributed by atoms with Crippen LogP contribution >= 0.6 is 11.8 Å². The molecule has 2 aliphatic rings. The minimum absolute atomic E-state index is 0.0317. The van der Waals surface area contributed by atoms with E-state index in [0.717, 1.165) is 25.5 Å². The SMILES string of the molecule is CSc1ncccc1C(=O)N1CCC2(CC1)CCN(S(=O)(=O)c1ccc(S(C)(=O)=O)cc1)C2. The number of pyridine rings is 1. The zero-order valence-corrected chi connectivity index (χ0v) is 21.0. The van der Waals surface area contributed by atoms with Crippen molar-refractivity contribution in [2.24, 2.45) is 5.41 Å². The minimum atomic E-state index is -3.71. The second-order valence-electron chi connectivity index (χ2n) is 8.68. The summed E-state index contributed by atoms with van der Waals surface area (Å²) in [6, 6.07) is 8.94. The van der Waals surface area contributed by atoms with Crippen LogP contribution in [0.25, 0.3) is 0 Å². The Bertz CT molecular complexity index is 1250. The molecule has 2 fully saturated rings. The summed E-state index contributed by atoms with van der Waals surface area (Å²) in [5.41, 5.74) is 0.461. The van der Waals surface area contributed by atoms with Gasteiger partial charge in [0.15, 0.2) is 9.84 Å². The van der Waals surface area contributed by atoms with E-state index in [-0.39, 0.29) is 21.1 Å². The number of hydrogen-bond acceptors (Lipinski definition) is 7. The number of piperidine rings is 1. The van der Waals surface area contributed by atoms with Crippen molar-refractivity contribution in [3.05, 3.63) is 48.2 Å². The van der Waals surface area contributed by atoms with Crippen molar-refractivity contribution in [2.45, 2.75) is 34.1 Å². The van der Waals surface area contributed by atoms with Crippen LogP contribution in [0.4, 0.5) is 0 Å². The molecule has 2 aliphatic heterocycles. The van der Waals surface area contributed by atoms with Crippen molar-refractivity contribution in [1.82, 2.24) is 14.2 Å². The Labute approximate surface area is 199 Å². The Morgan fingerprint density at radius 2 is 1.58 bits per heavy atom. The van der Waals surface area contributed by atoms with Crippen LogP contribution in [-0.4, -0.2) is 75.6 Å². The average Bonchev–Trinajstić information content (AvgIpc) is 3.23. The predicted octanol–water partition coefficient (Wildman–Crippen LogP) is 2.52. The summed E-state index contributed by atoms with van der Waals surface area (Å²) in [5.74, 6) is -0.0317. The topological polar surface area (TPSA) is 105 Å². The molecule has 0 radical (unpaired) electrons. The van der Waals surface area contributed by atoms with E-state index < -0.39 is 19.9 Å². The molecule has 0 aliphatic carbocycles. The molecule has 1 aromatic heterocycles. The van der Waals surface area contributed by atoms with Crippen LogP contribution in [0, 0.1) is 5.41 Å². The van der Waals surface area contributed by atoms with Crippen molar-refractivity contribution < 1.29 is 21.6 Å². The predicted molar refractivity (Wildman–Crippen MR) is 127 cm³/mol. The lowest BCUT2D eigenvalue weighted by molar-refractivity contribution is 0.0595. The maximum atomic E-state index is 13.2. The van der Waals surface area contributed by atoms with Gasteiger partial charge < -0.3 is 4.90 Å². The summed E-state index contributed by atoms with van der Waals surface area (Å²) >= 11 is 1.44. The minimum Gasteiger partial charge on any atom is -0.339 e. The molecule has 4 rings (SSSR count). The third kappa shape index (κ3) is 4.82. The van der Waals surface area contributed by atoms with Gasteiger partial charge >= 0.3 is 0 Å². The van der Waals surface area contributed by atoms with E-state index in [4.69, 9.17) is 0 Å². The fraction of sp³-hybridized carbons (Fsp3) is 0.455. The molecular weight excluding hydrogens is 482 g/mol. The second-order valence-corrected chi connectivity index (χ2v) is 13.4. The molecule has 1 spiro atoms. The van der Waals surface area contributed by atoms with Crippen LogP contribution in [-0.2, 0) is 19.9 Å². The number of amides is 1. The average molecular weight is 510 g/mol. The van der Waals surface area contributed by atoms with Gasteiger partial charge in [-0.15, -0.1) is 11.8 Å². The maximum absolute atomic E-state index is 13.2. The van der Waals surface area contributed by atoms with Crippen molar-refractivity contribution in [3.8, 4) is 0 Å². The first-order valence-corrected chi connectivity index (χ1v) is 15.2. The van der Waals surface area contributed by atoms with Crippen LogP contribution in [0.2, 0.25) is 0 Å². The smallest absolute Gasteiger partial charge is 0.256 e. The highest BCUT2D eigenvalue weighted by Gasteiger charge is 2.45. The first-order chi connectivity index (χ1) is 15.6. The fourth-order valence-electron chi connectivity index (χ4n) is 4.59. The summed E-state index contributed by atoms with van der Waals surface area (Å²) in [7, 11) is -7.10. The van der Waals surface area contributed by atoms with Crippen molar-refractivity contribution in [2.75, 3.05) is 38.7 Å². The maximum Gasteiger partial charge on any atom is 0.256 e. The largest absolute Gasteiger partial charge is 0.339 e. The zero-order chi connectivity index (χ0) is 23.9. The molecular formula is C22H27N3O5S3. The van der Waals surface area contributed by atoms with E-state index in [2.05, 4.69) is 4.98 Å². The summed E-state index contributed by atoms with van der Waals surface area (Å²) in [6.45, 7) is 1.99. The molecule has 0 unspecified atom stereocenters.